The second-order valence-corrected chi connectivity index (χ2v) is 9.33. The van der Waals surface area contributed by atoms with Crippen LogP contribution in [0.15, 0.2) is 89.7 Å². The lowest BCUT2D eigenvalue weighted by atomic mass is 9.99. The molecule has 0 aliphatic heterocycles. The fourth-order valence-corrected chi connectivity index (χ4v) is 4.88. The summed E-state index contributed by atoms with van der Waals surface area (Å²) in [7, 11) is 0. The van der Waals surface area contributed by atoms with Gasteiger partial charge in [0.2, 0.25) is 0 Å². The highest BCUT2D eigenvalue weighted by Gasteiger charge is 2.16. The van der Waals surface area contributed by atoms with Crippen LogP contribution >= 0.6 is 23.2 Å². The van der Waals surface area contributed by atoms with E-state index in [1.54, 1.807) is 12.1 Å². The minimum Gasteiger partial charge on any atom is -0.492 e. The first-order chi connectivity index (χ1) is 17.9. The summed E-state index contributed by atoms with van der Waals surface area (Å²) in [6.45, 7) is 2.30. The average molecular weight is 536 g/mol. The van der Waals surface area contributed by atoms with Crippen LogP contribution in [0.25, 0.3) is 33.2 Å². The van der Waals surface area contributed by atoms with E-state index in [9.17, 15) is 13.6 Å². The third-order valence-corrected chi connectivity index (χ3v) is 6.77. The number of aromatic nitrogens is 1. The maximum atomic E-state index is 14.6. The number of hydrogen-bond acceptors (Lipinski definition) is 2. The SMILES string of the molecule is CCOc1ccc(-c2cccc(-c3cc4cccc(Cl)c4c(=O)n3Cc3ccc(F)cc3F)c2)cc1Cl. The van der Waals surface area contributed by atoms with E-state index in [-0.39, 0.29) is 17.7 Å². The summed E-state index contributed by atoms with van der Waals surface area (Å²) in [4.78, 5) is 13.7. The molecule has 0 saturated heterocycles. The molecule has 0 aliphatic carbocycles. The molecule has 0 fully saturated rings. The van der Waals surface area contributed by atoms with Crippen molar-refractivity contribution in [3.05, 3.63) is 123 Å². The van der Waals surface area contributed by atoms with Crippen LogP contribution in [0.4, 0.5) is 8.78 Å². The summed E-state index contributed by atoms with van der Waals surface area (Å²) >= 11 is 12.8. The zero-order valence-electron chi connectivity index (χ0n) is 19.8. The van der Waals surface area contributed by atoms with Crippen LogP contribution in [0.5, 0.6) is 5.75 Å². The van der Waals surface area contributed by atoms with Gasteiger partial charge in [-0.3, -0.25) is 4.79 Å². The second kappa shape index (κ2) is 10.4. The summed E-state index contributed by atoms with van der Waals surface area (Å²) in [5.74, 6) is -0.808. The van der Waals surface area contributed by atoms with Crippen LogP contribution in [-0.2, 0) is 6.54 Å². The van der Waals surface area contributed by atoms with Crippen molar-refractivity contribution in [2.24, 2.45) is 0 Å². The van der Waals surface area contributed by atoms with E-state index in [0.717, 1.165) is 22.8 Å². The molecule has 0 spiro atoms. The Bertz CT molecular complexity index is 1700. The van der Waals surface area contributed by atoms with E-state index >= 15 is 0 Å². The van der Waals surface area contributed by atoms with E-state index in [1.165, 1.54) is 16.7 Å². The number of benzene rings is 4. The first-order valence-electron chi connectivity index (χ1n) is 11.6. The van der Waals surface area contributed by atoms with Crippen molar-refractivity contribution in [2.45, 2.75) is 13.5 Å². The smallest absolute Gasteiger partial charge is 0.260 e. The average Bonchev–Trinajstić information content (AvgIpc) is 2.88. The van der Waals surface area contributed by atoms with Crippen molar-refractivity contribution in [3.63, 3.8) is 0 Å². The molecule has 0 radical (unpaired) electrons. The molecule has 0 bridgehead atoms. The molecule has 0 amide bonds. The van der Waals surface area contributed by atoms with Crippen molar-refractivity contribution in [1.29, 1.82) is 0 Å². The number of rotatable bonds is 6. The van der Waals surface area contributed by atoms with E-state index in [2.05, 4.69) is 0 Å². The minimum atomic E-state index is -0.727. The molecule has 0 aliphatic rings. The van der Waals surface area contributed by atoms with Crippen molar-refractivity contribution >= 4 is 34.0 Å². The highest BCUT2D eigenvalue weighted by atomic mass is 35.5. The van der Waals surface area contributed by atoms with Gasteiger partial charge < -0.3 is 9.30 Å². The second-order valence-electron chi connectivity index (χ2n) is 8.52. The third kappa shape index (κ3) is 4.97. The maximum absolute atomic E-state index is 14.6. The van der Waals surface area contributed by atoms with E-state index < -0.39 is 11.6 Å². The Morgan fingerprint density at radius 1 is 0.811 bits per heavy atom. The van der Waals surface area contributed by atoms with Gasteiger partial charge in [-0.1, -0.05) is 65.7 Å². The Kier molecular flexibility index (Phi) is 7.00. The zero-order chi connectivity index (χ0) is 26.1. The van der Waals surface area contributed by atoms with Crippen LogP contribution in [0, 0.1) is 11.6 Å². The fraction of sp³-hybridized carbons (Fsp3) is 0.100. The lowest BCUT2D eigenvalue weighted by molar-refractivity contribution is 0.340. The van der Waals surface area contributed by atoms with Crippen LogP contribution in [-0.4, -0.2) is 11.2 Å². The van der Waals surface area contributed by atoms with Crippen LogP contribution in [0.1, 0.15) is 12.5 Å². The van der Waals surface area contributed by atoms with Gasteiger partial charge in [0.15, 0.2) is 0 Å². The van der Waals surface area contributed by atoms with Gasteiger partial charge in [0.05, 0.1) is 34.3 Å². The minimum absolute atomic E-state index is 0.0967. The van der Waals surface area contributed by atoms with Crippen molar-refractivity contribution in [1.82, 2.24) is 4.57 Å². The van der Waals surface area contributed by atoms with Gasteiger partial charge in [-0.25, -0.2) is 8.78 Å². The number of hydrogen-bond donors (Lipinski definition) is 0. The molecule has 7 heteroatoms. The first kappa shape index (κ1) is 25.0. The molecular formula is C30H21Cl2F2NO2. The molecule has 0 saturated carbocycles. The normalized spacial score (nSPS) is 11.2. The third-order valence-electron chi connectivity index (χ3n) is 6.15. The van der Waals surface area contributed by atoms with Gasteiger partial charge >= 0.3 is 0 Å². The Balaban J connectivity index is 1.68. The van der Waals surface area contributed by atoms with Crippen molar-refractivity contribution in [2.75, 3.05) is 6.61 Å². The molecule has 0 atom stereocenters. The number of halogens is 4. The van der Waals surface area contributed by atoms with Crippen LogP contribution in [0.2, 0.25) is 10.0 Å². The molecule has 3 nitrogen and oxygen atoms in total. The van der Waals surface area contributed by atoms with Gasteiger partial charge in [0.25, 0.3) is 5.56 Å². The van der Waals surface area contributed by atoms with E-state index in [0.29, 0.717) is 38.9 Å². The quantitative estimate of drug-likeness (QED) is 0.218. The molecule has 37 heavy (non-hydrogen) atoms. The number of ether oxygens (including phenoxy) is 1. The van der Waals surface area contributed by atoms with Gasteiger partial charge in [-0.05, 0) is 65.4 Å². The highest BCUT2D eigenvalue weighted by molar-refractivity contribution is 6.35. The number of fused-ring (bicyclic) bond motifs is 1. The van der Waals surface area contributed by atoms with Crippen LogP contribution < -0.4 is 10.3 Å². The van der Waals surface area contributed by atoms with E-state index in [4.69, 9.17) is 27.9 Å². The Morgan fingerprint density at radius 3 is 2.32 bits per heavy atom. The lowest BCUT2D eigenvalue weighted by Crippen LogP contribution is -2.23. The molecule has 5 rings (SSSR count). The summed E-state index contributed by atoms with van der Waals surface area (Å²) in [6, 6.07) is 23.6. The largest absolute Gasteiger partial charge is 0.492 e. The Labute approximate surface area is 222 Å². The predicted octanol–water partition coefficient (Wildman–Crippen LogP) is 8.37. The molecule has 5 aromatic rings. The monoisotopic (exact) mass is 535 g/mol. The number of nitrogens with zero attached hydrogens (tertiary/aromatic N) is 1. The van der Waals surface area contributed by atoms with Gasteiger partial charge in [0.1, 0.15) is 17.4 Å². The molecular weight excluding hydrogens is 515 g/mol. The van der Waals surface area contributed by atoms with Gasteiger partial charge in [-0.15, -0.1) is 0 Å². The topological polar surface area (TPSA) is 31.2 Å². The molecule has 186 valence electrons. The number of pyridine rings is 1. The molecule has 4 aromatic carbocycles. The Morgan fingerprint density at radius 2 is 1.57 bits per heavy atom. The lowest BCUT2D eigenvalue weighted by Gasteiger charge is -2.17. The summed E-state index contributed by atoms with van der Waals surface area (Å²) in [5.41, 5.74) is 2.88. The van der Waals surface area contributed by atoms with Crippen molar-refractivity contribution < 1.29 is 13.5 Å². The maximum Gasteiger partial charge on any atom is 0.260 e. The fourth-order valence-electron chi connectivity index (χ4n) is 4.38. The summed E-state index contributed by atoms with van der Waals surface area (Å²) < 4.78 is 35.1. The van der Waals surface area contributed by atoms with Gasteiger partial charge in [0, 0.05) is 11.6 Å². The predicted molar refractivity (Wildman–Crippen MR) is 146 cm³/mol. The molecule has 1 heterocycles. The summed E-state index contributed by atoms with van der Waals surface area (Å²) in [5, 5.41) is 1.80. The highest BCUT2D eigenvalue weighted by Crippen LogP contribution is 2.33. The zero-order valence-corrected chi connectivity index (χ0v) is 21.3. The molecule has 0 unspecified atom stereocenters. The van der Waals surface area contributed by atoms with E-state index in [1.807, 2.05) is 61.5 Å². The van der Waals surface area contributed by atoms with Crippen LogP contribution in [0.3, 0.4) is 0 Å². The first-order valence-corrected chi connectivity index (χ1v) is 12.4. The summed E-state index contributed by atoms with van der Waals surface area (Å²) in [6.07, 6.45) is 0. The Hall–Kier alpha value is -3.67. The standard InChI is InChI=1S/C30H21Cl2F2NO2/c1-2-37-28-12-10-19(14-25(28)32)18-5-3-6-20(13-18)27-15-21-7-4-8-24(31)29(21)30(36)35(27)17-22-9-11-23(33)16-26(22)34/h3-16H,2,17H2,1H3. The van der Waals surface area contributed by atoms with Crippen molar-refractivity contribution in [3.8, 4) is 28.1 Å². The molecule has 0 N–H and O–H groups in total. The molecule has 1 aromatic heterocycles. The van der Waals surface area contributed by atoms with Gasteiger partial charge in [-0.2, -0.15) is 0 Å².